The van der Waals surface area contributed by atoms with E-state index in [1.165, 1.54) is 21.0 Å². The number of thiophene rings is 1. The number of carbonyl (C=O) groups is 2. The molecule has 0 atom stereocenters. The van der Waals surface area contributed by atoms with Crippen LogP contribution in [0.4, 0.5) is 13.8 Å². The van der Waals surface area contributed by atoms with Gasteiger partial charge in [0.15, 0.2) is 5.75 Å². The van der Waals surface area contributed by atoms with Gasteiger partial charge in [-0.2, -0.15) is 8.78 Å². The zero-order valence-corrected chi connectivity index (χ0v) is 17.4. The first kappa shape index (κ1) is 23.4. The zero-order valence-electron chi connectivity index (χ0n) is 15.8. The van der Waals surface area contributed by atoms with Crippen LogP contribution in [0.2, 0.25) is 0 Å². The van der Waals surface area contributed by atoms with Crippen molar-refractivity contribution in [3.8, 4) is 11.6 Å². The monoisotopic (exact) mass is 465 g/mol. The maximum Gasteiger partial charge on any atom is 0.387 e. The average Bonchev–Trinajstić information content (AvgIpc) is 3.05. The third-order valence-electron chi connectivity index (χ3n) is 3.54. The Balaban J connectivity index is 2.62. The summed E-state index contributed by atoms with van der Waals surface area (Å²) >= 11 is 0.439. The number of aromatic nitrogens is 1. The normalized spacial score (nSPS) is 12.0. The fourth-order valence-corrected chi connectivity index (χ4v) is 4.91. The molecule has 0 aliphatic carbocycles. The number of carbonyl (C=O) groups excluding carboxylic acids is 2. The van der Waals surface area contributed by atoms with Crippen LogP contribution in [0, 0.1) is 0 Å². The summed E-state index contributed by atoms with van der Waals surface area (Å²) in [5.74, 6) is -2.93. The first-order valence-electron chi connectivity index (χ1n) is 7.98. The van der Waals surface area contributed by atoms with Gasteiger partial charge in [-0.05, 0) is 19.9 Å². The fourth-order valence-electron chi connectivity index (χ4n) is 2.05. The Bertz CT molecular complexity index is 1080. The highest BCUT2D eigenvalue weighted by Crippen LogP contribution is 2.38. The van der Waals surface area contributed by atoms with Gasteiger partial charge < -0.3 is 25.6 Å². The highest BCUT2D eigenvalue weighted by molar-refractivity contribution is 7.93. The van der Waals surface area contributed by atoms with Crippen molar-refractivity contribution in [3.63, 3.8) is 0 Å². The Morgan fingerprint density at radius 3 is 2.47 bits per heavy atom. The molecule has 2 heterocycles. The summed E-state index contributed by atoms with van der Waals surface area (Å²) in [5.41, 5.74) is 3.05. The van der Waals surface area contributed by atoms with Crippen LogP contribution in [0.3, 0.4) is 0 Å². The standard InChI is InChI=1S/C16H17F2N3O7S2/c1-16(2,24)14(23)21-13-7(12(19)22)4-11(29-13)30(25,26)9-5-10(27-3)20-6-8(9)28-15(17)18/h4-6,15,24H,1-3H3,(H2,19,22)(H,21,23). The van der Waals surface area contributed by atoms with Gasteiger partial charge in [-0.3, -0.25) is 9.59 Å². The van der Waals surface area contributed by atoms with Crippen molar-refractivity contribution in [1.29, 1.82) is 0 Å². The number of anilines is 1. The number of halogens is 2. The van der Waals surface area contributed by atoms with Crippen molar-refractivity contribution >= 4 is 38.0 Å². The molecule has 10 nitrogen and oxygen atoms in total. The minimum absolute atomic E-state index is 0.197. The van der Waals surface area contributed by atoms with Gasteiger partial charge >= 0.3 is 6.61 Å². The molecule has 2 amide bonds. The summed E-state index contributed by atoms with van der Waals surface area (Å²) in [4.78, 5) is 26.7. The second-order valence-corrected chi connectivity index (χ2v) is 9.44. The van der Waals surface area contributed by atoms with E-state index in [0.29, 0.717) is 11.3 Å². The maximum absolute atomic E-state index is 13.1. The quantitative estimate of drug-likeness (QED) is 0.528. The van der Waals surface area contributed by atoms with Crippen LogP contribution in [-0.4, -0.2) is 49.6 Å². The summed E-state index contributed by atoms with van der Waals surface area (Å²) in [6, 6.07) is 1.74. The van der Waals surface area contributed by atoms with Crippen molar-refractivity contribution in [1.82, 2.24) is 4.98 Å². The van der Waals surface area contributed by atoms with E-state index in [-0.39, 0.29) is 16.4 Å². The predicted molar refractivity (Wildman–Crippen MR) is 101 cm³/mol. The number of ether oxygens (including phenoxy) is 2. The van der Waals surface area contributed by atoms with Crippen molar-refractivity contribution in [2.75, 3.05) is 12.4 Å². The molecule has 0 fully saturated rings. The zero-order chi connectivity index (χ0) is 22.9. The second kappa shape index (κ2) is 8.49. The third kappa shape index (κ3) is 5.01. The van der Waals surface area contributed by atoms with Gasteiger partial charge in [-0.1, -0.05) is 0 Å². The molecule has 0 spiro atoms. The van der Waals surface area contributed by atoms with Crippen LogP contribution in [0.25, 0.3) is 0 Å². The van der Waals surface area contributed by atoms with Crippen LogP contribution in [0.15, 0.2) is 27.4 Å². The number of hydrogen-bond acceptors (Lipinski definition) is 9. The number of aliphatic hydroxyl groups is 1. The van der Waals surface area contributed by atoms with Gasteiger partial charge in [0.05, 0.1) is 18.9 Å². The Morgan fingerprint density at radius 2 is 1.97 bits per heavy atom. The molecule has 2 rings (SSSR count). The largest absolute Gasteiger partial charge is 0.481 e. The predicted octanol–water partition coefficient (Wildman–Crippen LogP) is 1.39. The van der Waals surface area contributed by atoms with Gasteiger partial charge in [-0.15, -0.1) is 11.3 Å². The maximum atomic E-state index is 13.1. The number of nitrogens with zero attached hydrogens (tertiary/aromatic N) is 1. The second-order valence-electron chi connectivity index (χ2n) is 6.24. The molecule has 0 aliphatic rings. The molecule has 0 aliphatic heterocycles. The lowest BCUT2D eigenvalue weighted by Gasteiger charge is -2.16. The lowest BCUT2D eigenvalue weighted by Crippen LogP contribution is -2.36. The van der Waals surface area contributed by atoms with Gasteiger partial charge in [-0.25, -0.2) is 13.4 Å². The SMILES string of the molecule is COc1cc(S(=O)(=O)c2cc(C(N)=O)c(NC(=O)C(C)(C)O)s2)c(OC(F)F)cn1. The number of nitrogens with one attached hydrogen (secondary N) is 1. The number of methoxy groups -OCH3 is 1. The Kier molecular flexibility index (Phi) is 6.63. The van der Waals surface area contributed by atoms with Gasteiger partial charge in [0.2, 0.25) is 15.7 Å². The first-order valence-corrected chi connectivity index (χ1v) is 10.3. The minimum Gasteiger partial charge on any atom is -0.481 e. The van der Waals surface area contributed by atoms with E-state index in [9.17, 15) is 31.9 Å². The van der Waals surface area contributed by atoms with Crippen molar-refractivity contribution in [2.45, 2.75) is 35.2 Å². The van der Waals surface area contributed by atoms with Crippen LogP contribution in [-0.2, 0) is 14.6 Å². The summed E-state index contributed by atoms with van der Waals surface area (Å²) in [6.07, 6.45) is 0.747. The summed E-state index contributed by atoms with van der Waals surface area (Å²) in [5, 5.41) is 11.7. The van der Waals surface area contributed by atoms with E-state index in [2.05, 4.69) is 15.0 Å². The lowest BCUT2D eigenvalue weighted by atomic mass is 10.1. The Labute approximate surface area is 173 Å². The van der Waals surface area contributed by atoms with E-state index >= 15 is 0 Å². The van der Waals surface area contributed by atoms with E-state index in [0.717, 1.165) is 18.3 Å². The Morgan fingerprint density at radius 1 is 1.33 bits per heavy atom. The minimum atomic E-state index is -4.54. The molecule has 0 saturated carbocycles. The molecule has 30 heavy (non-hydrogen) atoms. The molecule has 164 valence electrons. The number of hydrogen-bond donors (Lipinski definition) is 3. The van der Waals surface area contributed by atoms with Gasteiger partial charge in [0.25, 0.3) is 11.8 Å². The van der Waals surface area contributed by atoms with E-state index in [1.807, 2.05) is 0 Å². The Hall–Kier alpha value is -2.84. The molecular weight excluding hydrogens is 448 g/mol. The van der Waals surface area contributed by atoms with E-state index < -0.39 is 48.7 Å². The number of primary amides is 1. The molecule has 14 heteroatoms. The van der Waals surface area contributed by atoms with Crippen molar-refractivity contribution < 1.29 is 41.4 Å². The molecule has 0 unspecified atom stereocenters. The molecular formula is C16H17F2N3O7S2. The molecule has 2 aromatic rings. The highest BCUT2D eigenvalue weighted by Gasteiger charge is 2.31. The first-order chi connectivity index (χ1) is 13.8. The molecule has 0 radical (unpaired) electrons. The van der Waals surface area contributed by atoms with Gasteiger partial charge in [0, 0.05) is 6.07 Å². The van der Waals surface area contributed by atoms with Crippen LogP contribution in [0.5, 0.6) is 11.6 Å². The fraction of sp³-hybridized carbons (Fsp3) is 0.312. The topological polar surface area (TPSA) is 158 Å². The average molecular weight is 465 g/mol. The molecule has 4 N–H and O–H groups in total. The van der Waals surface area contributed by atoms with E-state index in [4.69, 9.17) is 10.5 Å². The molecule has 2 aromatic heterocycles. The number of sulfone groups is 1. The number of alkyl halides is 2. The van der Waals surface area contributed by atoms with Crippen LogP contribution < -0.4 is 20.5 Å². The van der Waals surface area contributed by atoms with E-state index in [1.54, 1.807) is 0 Å². The highest BCUT2D eigenvalue weighted by atomic mass is 32.2. The number of nitrogens with two attached hydrogens (primary N) is 1. The number of rotatable bonds is 8. The van der Waals surface area contributed by atoms with Crippen LogP contribution >= 0.6 is 11.3 Å². The smallest absolute Gasteiger partial charge is 0.387 e. The molecule has 0 aromatic carbocycles. The molecule has 0 saturated heterocycles. The number of pyridine rings is 1. The number of amides is 2. The van der Waals surface area contributed by atoms with Crippen molar-refractivity contribution in [2.24, 2.45) is 5.73 Å². The summed E-state index contributed by atoms with van der Waals surface area (Å²) in [7, 11) is -3.35. The third-order valence-corrected chi connectivity index (χ3v) is 6.84. The molecule has 0 bridgehead atoms. The summed E-state index contributed by atoms with van der Waals surface area (Å²) in [6.45, 7) is -0.982. The summed E-state index contributed by atoms with van der Waals surface area (Å²) < 4.78 is 60.1. The van der Waals surface area contributed by atoms with Gasteiger partial charge in [0.1, 0.15) is 19.7 Å². The lowest BCUT2D eigenvalue weighted by molar-refractivity contribution is -0.130. The van der Waals surface area contributed by atoms with Crippen LogP contribution in [0.1, 0.15) is 24.2 Å². The van der Waals surface area contributed by atoms with Crippen molar-refractivity contribution in [3.05, 3.63) is 23.9 Å².